The van der Waals surface area contributed by atoms with Gasteiger partial charge >= 0.3 is 12.0 Å². The number of nitrogens with zero attached hydrogens (tertiary/aromatic N) is 1. The van der Waals surface area contributed by atoms with Gasteiger partial charge in [-0.25, -0.2) is 4.79 Å². The van der Waals surface area contributed by atoms with Gasteiger partial charge in [-0.3, -0.25) is 4.79 Å². The lowest BCUT2D eigenvalue weighted by molar-refractivity contribution is -0.152. The van der Waals surface area contributed by atoms with Gasteiger partial charge in [0.05, 0.1) is 5.41 Å². The fourth-order valence-corrected chi connectivity index (χ4v) is 2.68. The standard InChI is InChI=1S/C13H25N3O3/c1-2-5-13(11(17)18)6-3-9-16(10-13)12(19)15-8-4-7-14/h2-10,14H2,1H3,(H,15,19)(H,17,18). The van der Waals surface area contributed by atoms with Crippen LogP contribution in [0.4, 0.5) is 4.79 Å². The van der Waals surface area contributed by atoms with Crippen LogP contribution in [0.3, 0.4) is 0 Å². The third-order valence-electron chi connectivity index (χ3n) is 3.70. The van der Waals surface area contributed by atoms with Gasteiger partial charge in [0.1, 0.15) is 0 Å². The molecule has 1 unspecified atom stereocenters. The lowest BCUT2D eigenvalue weighted by atomic mass is 9.76. The highest BCUT2D eigenvalue weighted by molar-refractivity contribution is 5.78. The molecule has 1 fully saturated rings. The number of nitrogens with two attached hydrogens (primary N) is 1. The number of amides is 2. The van der Waals surface area contributed by atoms with Crippen molar-refractivity contribution < 1.29 is 14.7 Å². The smallest absolute Gasteiger partial charge is 0.317 e. The molecule has 1 heterocycles. The lowest BCUT2D eigenvalue weighted by Gasteiger charge is -2.39. The molecule has 1 atom stereocenters. The predicted octanol–water partition coefficient (Wildman–Crippen LogP) is 1.01. The molecule has 110 valence electrons. The molecular weight excluding hydrogens is 246 g/mol. The second-order valence-electron chi connectivity index (χ2n) is 5.23. The molecule has 6 heteroatoms. The third-order valence-corrected chi connectivity index (χ3v) is 3.70. The molecular formula is C13H25N3O3. The summed E-state index contributed by atoms with van der Waals surface area (Å²) in [7, 11) is 0. The predicted molar refractivity (Wildman–Crippen MR) is 72.9 cm³/mol. The van der Waals surface area contributed by atoms with Crippen molar-refractivity contribution in [2.45, 2.75) is 39.0 Å². The van der Waals surface area contributed by atoms with Crippen molar-refractivity contribution >= 4 is 12.0 Å². The Kier molecular flexibility index (Phi) is 6.08. The zero-order valence-corrected chi connectivity index (χ0v) is 11.7. The Hall–Kier alpha value is -1.30. The number of rotatable bonds is 6. The van der Waals surface area contributed by atoms with Gasteiger partial charge in [0.15, 0.2) is 0 Å². The van der Waals surface area contributed by atoms with Gasteiger partial charge in [-0.05, 0) is 32.2 Å². The fraction of sp³-hybridized carbons (Fsp3) is 0.846. The number of hydrogen-bond donors (Lipinski definition) is 3. The molecule has 19 heavy (non-hydrogen) atoms. The molecule has 0 spiro atoms. The van der Waals surface area contributed by atoms with E-state index < -0.39 is 11.4 Å². The second-order valence-corrected chi connectivity index (χ2v) is 5.23. The number of carbonyl (C=O) groups is 2. The van der Waals surface area contributed by atoms with E-state index in [9.17, 15) is 14.7 Å². The molecule has 0 radical (unpaired) electrons. The van der Waals surface area contributed by atoms with E-state index in [-0.39, 0.29) is 6.03 Å². The summed E-state index contributed by atoms with van der Waals surface area (Å²) in [4.78, 5) is 25.1. The van der Waals surface area contributed by atoms with Crippen molar-refractivity contribution in [3.8, 4) is 0 Å². The highest BCUT2D eigenvalue weighted by Crippen LogP contribution is 2.35. The molecule has 1 aliphatic rings. The molecule has 4 N–H and O–H groups in total. The Morgan fingerprint density at radius 1 is 1.47 bits per heavy atom. The normalized spacial score (nSPS) is 23.2. The molecule has 2 amide bonds. The van der Waals surface area contributed by atoms with E-state index in [0.717, 1.165) is 19.3 Å². The van der Waals surface area contributed by atoms with E-state index in [1.807, 2.05) is 6.92 Å². The van der Waals surface area contributed by atoms with E-state index in [0.29, 0.717) is 39.0 Å². The quantitative estimate of drug-likeness (QED) is 0.628. The van der Waals surface area contributed by atoms with Crippen LogP contribution >= 0.6 is 0 Å². The summed E-state index contributed by atoms with van der Waals surface area (Å²) in [5, 5.41) is 12.2. The molecule has 0 bridgehead atoms. The summed E-state index contributed by atoms with van der Waals surface area (Å²) in [6.45, 7) is 4.00. The summed E-state index contributed by atoms with van der Waals surface area (Å²) >= 11 is 0. The van der Waals surface area contributed by atoms with Crippen molar-refractivity contribution in [1.29, 1.82) is 0 Å². The first-order valence-corrected chi connectivity index (χ1v) is 7.02. The van der Waals surface area contributed by atoms with Crippen LogP contribution in [0, 0.1) is 5.41 Å². The Bertz CT molecular complexity index is 318. The van der Waals surface area contributed by atoms with E-state index in [2.05, 4.69) is 5.32 Å². The van der Waals surface area contributed by atoms with Crippen LogP contribution < -0.4 is 11.1 Å². The largest absolute Gasteiger partial charge is 0.481 e. The van der Waals surface area contributed by atoms with E-state index in [1.54, 1.807) is 4.90 Å². The van der Waals surface area contributed by atoms with Crippen molar-refractivity contribution in [3.63, 3.8) is 0 Å². The summed E-state index contributed by atoms with van der Waals surface area (Å²) in [5.41, 5.74) is 4.61. The van der Waals surface area contributed by atoms with Gasteiger partial charge < -0.3 is 21.1 Å². The van der Waals surface area contributed by atoms with E-state index in [1.165, 1.54) is 0 Å². The van der Waals surface area contributed by atoms with Crippen LogP contribution in [-0.2, 0) is 4.79 Å². The van der Waals surface area contributed by atoms with Gasteiger partial charge in [-0.15, -0.1) is 0 Å². The van der Waals surface area contributed by atoms with Gasteiger partial charge in [-0.2, -0.15) is 0 Å². The minimum Gasteiger partial charge on any atom is -0.481 e. The van der Waals surface area contributed by atoms with E-state index >= 15 is 0 Å². The third kappa shape index (κ3) is 4.09. The number of carbonyl (C=O) groups excluding carboxylic acids is 1. The molecule has 0 aromatic rings. The number of piperidine rings is 1. The first-order chi connectivity index (χ1) is 9.05. The number of likely N-dealkylation sites (tertiary alicyclic amines) is 1. The molecule has 1 rings (SSSR count). The summed E-state index contributed by atoms with van der Waals surface area (Å²) in [6.07, 6.45) is 3.57. The minimum atomic E-state index is -0.784. The van der Waals surface area contributed by atoms with Crippen LogP contribution in [-0.4, -0.2) is 48.2 Å². The number of aliphatic carboxylic acids is 1. The van der Waals surface area contributed by atoms with Crippen molar-refractivity contribution in [2.24, 2.45) is 11.1 Å². The number of carboxylic acids is 1. The van der Waals surface area contributed by atoms with Crippen molar-refractivity contribution in [3.05, 3.63) is 0 Å². The van der Waals surface area contributed by atoms with Gasteiger partial charge in [-0.1, -0.05) is 13.3 Å². The minimum absolute atomic E-state index is 0.171. The number of carboxylic acid groups (broad SMARTS) is 1. The molecule has 0 aromatic carbocycles. The second kappa shape index (κ2) is 7.33. The average molecular weight is 271 g/mol. The van der Waals surface area contributed by atoms with Crippen molar-refractivity contribution in [1.82, 2.24) is 10.2 Å². The molecule has 1 aliphatic heterocycles. The fourth-order valence-electron chi connectivity index (χ4n) is 2.68. The topological polar surface area (TPSA) is 95.7 Å². The molecule has 1 saturated heterocycles. The molecule has 0 aliphatic carbocycles. The van der Waals surface area contributed by atoms with Gasteiger partial charge in [0, 0.05) is 19.6 Å². The average Bonchev–Trinajstić information content (AvgIpc) is 2.39. The Morgan fingerprint density at radius 3 is 2.79 bits per heavy atom. The monoisotopic (exact) mass is 271 g/mol. The molecule has 0 aromatic heterocycles. The molecule has 0 saturated carbocycles. The summed E-state index contributed by atoms with van der Waals surface area (Å²) in [6, 6.07) is -0.171. The zero-order valence-electron chi connectivity index (χ0n) is 11.7. The highest BCUT2D eigenvalue weighted by Gasteiger charge is 2.42. The Balaban J connectivity index is 2.61. The Labute approximate surface area is 114 Å². The SMILES string of the molecule is CCCC1(C(=O)O)CCCN(C(=O)NCCCN)C1. The summed E-state index contributed by atoms with van der Waals surface area (Å²) in [5.74, 6) is -0.784. The van der Waals surface area contributed by atoms with Crippen LogP contribution in [0.15, 0.2) is 0 Å². The van der Waals surface area contributed by atoms with Gasteiger partial charge in [0.2, 0.25) is 0 Å². The van der Waals surface area contributed by atoms with Crippen LogP contribution in [0.1, 0.15) is 39.0 Å². The number of hydrogen-bond acceptors (Lipinski definition) is 3. The number of nitrogens with one attached hydrogen (secondary N) is 1. The maximum Gasteiger partial charge on any atom is 0.317 e. The van der Waals surface area contributed by atoms with Crippen LogP contribution in [0.5, 0.6) is 0 Å². The van der Waals surface area contributed by atoms with Crippen molar-refractivity contribution in [2.75, 3.05) is 26.2 Å². The number of urea groups is 1. The maximum atomic E-state index is 12.0. The van der Waals surface area contributed by atoms with Gasteiger partial charge in [0.25, 0.3) is 0 Å². The zero-order chi connectivity index (χ0) is 14.3. The van der Waals surface area contributed by atoms with E-state index in [4.69, 9.17) is 5.73 Å². The first-order valence-electron chi connectivity index (χ1n) is 7.02. The highest BCUT2D eigenvalue weighted by atomic mass is 16.4. The van der Waals surface area contributed by atoms with Crippen LogP contribution in [0.2, 0.25) is 0 Å². The first kappa shape index (κ1) is 15.8. The lowest BCUT2D eigenvalue weighted by Crippen LogP contribution is -2.52. The Morgan fingerprint density at radius 2 is 2.21 bits per heavy atom. The maximum absolute atomic E-state index is 12.0. The summed E-state index contributed by atoms with van der Waals surface area (Å²) < 4.78 is 0. The van der Waals surface area contributed by atoms with Crippen LogP contribution in [0.25, 0.3) is 0 Å². The molecule has 6 nitrogen and oxygen atoms in total.